The minimum atomic E-state index is 0.533. The maximum Gasteiger partial charge on any atom is 0.149 e. The Morgan fingerprint density at radius 3 is 2.71 bits per heavy atom. The summed E-state index contributed by atoms with van der Waals surface area (Å²) in [6.45, 7) is 2.07. The van der Waals surface area contributed by atoms with Gasteiger partial charge in [-0.2, -0.15) is 5.26 Å². The Morgan fingerprint density at radius 2 is 1.92 bits per heavy atom. The third-order valence-corrected chi connectivity index (χ3v) is 4.50. The molecule has 0 radical (unpaired) electrons. The van der Waals surface area contributed by atoms with Gasteiger partial charge in [-0.15, -0.1) is 0 Å². The average molecular weight is 312 g/mol. The first-order valence-corrected chi connectivity index (χ1v) is 7.80. The maximum atomic E-state index is 9.65. The summed E-state index contributed by atoms with van der Waals surface area (Å²) < 4.78 is 2.15. The van der Waals surface area contributed by atoms with Crippen molar-refractivity contribution in [3.05, 3.63) is 65.6 Å². The van der Waals surface area contributed by atoms with E-state index in [9.17, 15) is 5.26 Å². The number of aromatic nitrogens is 3. The van der Waals surface area contributed by atoms with Gasteiger partial charge in [0.2, 0.25) is 0 Å². The highest BCUT2D eigenvalue weighted by Crippen LogP contribution is 2.28. The van der Waals surface area contributed by atoms with Crippen molar-refractivity contribution in [1.82, 2.24) is 14.5 Å². The molecule has 0 fully saturated rings. The Balaban J connectivity index is 1.93. The third kappa shape index (κ3) is 2.10. The van der Waals surface area contributed by atoms with E-state index >= 15 is 0 Å². The lowest BCUT2D eigenvalue weighted by molar-refractivity contribution is 0.916. The molecular weight excluding hydrogens is 296 g/mol. The summed E-state index contributed by atoms with van der Waals surface area (Å²) in [7, 11) is 2.04. The molecule has 2 aromatic heterocycles. The van der Waals surface area contributed by atoms with Crippen LogP contribution >= 0.6 is 0 Å². The van der Waals surface area contributed by atoms with Gasteiger partial charge in [0.1, 0.15) is 11.9 Å². The second kappa shape index (κ2) is 5.39. The number of aromatic amines is 1. The number of benzene rings is 2. The molecule has 0 saturated carbocycles. The summed E-state index contributed by atoms with van der Waals surface area (Å²) in [5.74, 6) is 0.603. The molecule has 1 N–H and O–H groups in total. The van der Waals surface area contributed by atoms with Crippen molar-refractivity contribution in [2.24, 2.45) is 7.05 Å². The van der Waals surface area contributed by atoms with Crippen molar-refractivity contribution >= 4 is 33.6 Å². The summed E-state index contributed by atoms with van der Waals surface area (Å²) in [6, 6.07) is 18.3. The molecule has 4 rings (SSSR count). The Kier molecular flexibility index (Phi) is 3.21. The molecule has 0 unspecified atom stereocenters. The minimum Gasteiger partial charge on any atom is -0.347 e. The van der Waals surface area contributed by atoms with E-state index in [1.165, 1.54) is 0 Å². The number of hydrogen-bond acceptors (Lipinski definition) is 2. The predicted molar refractivity (Wildman–Crippen MR) is 97.2 cm³/mol. The monoisotopic (exact) mass is 312 g/mol. The van der Waals surface area contributed by atoms with Gasteiger partial charge in [0, 0.05) is 29.2 Å². The van der Waals surface area contributed by atoms with Gasteiger partial charge in [0.25, 0.3) is 0 Å². The predicted octanol–water partition coefficient (Wildman–Crippen LogP) is 4.43. The topological polar surface area (TPSA) is 57.4 Å². The number of para-hydroxylation sites is 3. The van der Waals surface area contributed by atoms with E-state index in [1.54, 1.807) is 0 Å². The van der Waals surface area contributed by atoms with Crippen LogP contribution in [0.1, 0.15) is 17.1 Å². The van der Waals surface area contributed by atoms with Crippen molar-refractivity contribution in [3.63, 3.8) is 0 Å². The number of aryl methyl sites for hydroxylation is 1. The summed E-state index contributed by atoms with van der Waals surface area (Å²) in [4.78, 5) is 7.78. The van der Waals surface area contributed by atoms with Crippen LogP contribution < -0.4 is 0 Å². The summed E-state index contributed by atoms with van der Waals surface area (Å²) in [5, 5.41) is 10.8. The van der Waals surface area contributed by atoms with Crippen LogP contribution in [0, 0.1) is 18.3 Å². The van der Waals surface area contributed by atoms with Crippen molar-refractivity contribution in [3.8, 4) is 6.07 Å². The van der Waals surface area contributed by atoms with Gasteiger partial charge in [0.05, 0.1) is 16.6 Å². The molecular formula is C20H16N4. The first-order valence-electron chi connectivity index (χ1n) is 7.80. The molecule has 24 heavy (non-hydrogen) atoms. The fourth-order valence-electron chi connectivity index (χ4n) is 3.11. The third-order valence-electron chi connectivity index (χ3n) is 4.50. The fourth-order valence-corrected chi connectivity index (χ4v) is 3.11. The van der Waals surface area contributed by atoms with E-state index in [0.29, 0.717) is 11.4 Å². The standard InChI is InChI=1S/C20H16N4/c1-13-16(15-7-3-6-10-19(15)24(13)2)11-14(12-21)20-22-17-8-4-5-9-18(17)23-20/h3-11H,1-2H3,(H,22,23)/b14-11+. The molecule has 0 saturated heterocycles. The van der Waals surface area contributed by atoms with Gasteiger partial charge in [-0.1, -0.05) is 30.3 Å². The molecule has 116 valence electrons. The molecule has 2 aromatic carbocycles. The summed E-state index contributed by atoms with van der Waals surface area (Å²) in [5.41, 5.74) is 5.67. The van der Waals surface area contributed by atoms with Crippen LogP contribution in [-0.4, -0.2) is 14.5 Å². The van der Waals surface area contributed by atoms with Crippen molar-refractivity contribution in [2.45, 2.75) is 6.92 Å². The van der Waals surface area contributed by atoms with E-state index < -0.39 is 0 Å². The van der Waals surface area contributed by atoms with Crippen LogP contribution in [0.15, 0.2) is 48.5 Å². The lowest BCUT2D eigenvalue weighted by Gasteiger charge is -1.98. The van der Waals surface area contributed by atoms with E-state index in [0.717, 1.165) is 33.2 Å². The number of H-pyrrole nitrogens is 1. The SMILES string of the molecule is Cc1c(/C=C(\C#N)c2nc3ccccc3[nH]2)c2ccccc2n1C. The fraction of sp³-hybridized carbons (Fsp3) is 0.100. The van der Waals surface area contributed by atoms with Crippen LogP contribution in [-0.2, 0) is 7.05 Å². The zero-order valence-electron chi connectivity index (χ0n) is 13.5. The van der Waals surface area contributed by atoms with Crippen molar-refractivity contribution in [2.75, 3.05) is 0 Å². The van der Waals surface area contributed by atoms with Crippen LogP contribution in [0.5, 0.6) is 0 Å². The van der Waals surface area contributed by atoms with Gasteiger partial charge in [-0.25, -0.2) is 4.98 Å². The van der Waals surface area contributed by atoms with Gasteiger partial charge >= 0.3 is 0 Å². The Hall–Kier alpha value is -3.32. The number of nitrogens with zero attached hydrogens (tertiary/aromatic N) is 3. The van der Waals surface area contributed by atoms with Crippen LogP contribution in [0.2, 0.25) is 0 Å². The summed E-state index contributed by atoms with van der Waals surface area (Å²) in [6.07, 6.45) is 1.93. The lowest BCUT2D eigenvalue weighted by atomic mass is 10.1. The second-order valence-corrected chi connectivity index (χ2v) is 5.85. The Bertz CT molecular complexity index is 1100. The van der Waals surface area contributed by atoms with Crippen LogP contribution in [0.4, 0.5) is 0 Å². The smallest absolute Gasteiger partial charge is 0.149 e. The normalized spacial score (nSPS) is 12.0. The molecule has 2 heterocycles. The van der Waals surface area contributed by atoms with Crippen molar-refractivity contribution < 1.29 is 0 Å². The van der Waals surface area contributed by atoms with E-state index in [-0.39, 0.29) is 0 Å². The number of rotatable bonds is 2. The quantitative estimate of drug-likeness (QED) is 0.557. The van der Waals surface area contributed by atoms with E-state index in [4.69, 9.17) is 0 Å². The largest absolute Gasteiger partial charge is 0.347 e. The van der Waals surface area contributed by atoms with E-state index in [1.807, 2.05) is 49.5 Å². The highest BCUT2D eigenvalue weighted by molar-refractivity contribution is 5.99. The first-order chi connectivity index (χ1) is 11.7. The maximum absolute atomic E-state index is 9.65. The molecule has 4 heteroatoms. The van der Waals surface area contributed by atoms with Crippen LogP contribution in [0.3, 0.4) is 0 Å². The van der Waals surface area contributed by atoms with Gasteiger partial charge in [-0.3, -0.25) is 0 Å². The lowest BCUT2D eigenvalue weighted by Crippen LogP contribution is -1.91. The number of hydrogen-bond donors (Lipinski definition) is 1. The highest BCUT2D eigenvalue weighted by Gasteiger charge is 2.13. The van der Waals surface area contributed by atoms with Crippen molar-refractivity contribution in [1.29, 1.82) is 5.26 Å². The van der Waals surface area contributed by atoms with Gasteiger partial charge in [0.15, 0.2) is 0 Å². The summed E-state index contributed by atoms with van der Waals surface area (Å²) >= 11 is 0. The molecule has 0 aliphatic heterocycles. The molecule has 0 aliphatic rings. The molecule has 0 spiro atoms. The first kappa shape index (κ1) is 14.3. The molecule has 4 aromatic rings. The zero-order chi connectivity index (χ0) is 16.7. The molecule has 0 amide bonds. The molecule has 0 atom stereocenters. The van der Waals surface area contributed by atoms with E-state index in [2.05, 4.69) is 39.7 Å². The minimum absolute atomic E-state index is 0.533. The number of allylic oxidation sites excluding steroid dienone is 1. The molecule has 4 nitrogen and oxygen atoms in total. The molecule has 0 aliphatic carbocycles. The number of nitriles is 1. The Morgan fingerprint density at radius 1 is 1.17 bits per heavy atom. The second-order valence-electron chi connectivity index (χ2n) is 5.85. The van der Waals surface area contributed by atoms with Gasteiger partial charge < -0.3 is 9.55 Å². The number of fused-ring (bicyclic) bond motifs is 2. The molecule has 0 bridgehead atoms. The number of nitrogens with one attached hydrogen (secondary N) is 1. The number of imidazole rings is 1. The zero-order valence-corrected chi connectivity index (χ0v) is 13.5. The Labute approximate surface area is 139 Å². The average Bonchev–Trinajstić information content (AvgIpc) is 3.14. The van der Waals surface area contributed by atoms with Gasteiger partial charge in [-0.05, 0) is 31.2 Å². The van der Waals surface area contributed by atoms with Crippen LogP contribution in [0.25, 0.3) is 33.6 Å². The highest BCUT2D eigenvalue weighted by atomic mass is 14.9.